The second-order valence-electron chi connectivity index (χ2n) is 9.49. The van der Waals surface area contributed by atoms with Gasteiger partial charge in [-0.2, -0.15) is 4.31 Å². The number of hydrogen-bond acceptors (Lipinski definition) is 4. The minimum absolute atomic E-state index is 0.00367. The smallest absolute Gasteiger partial charge is 0.244 e. The lowest BCUT2D eigenvalue weighted by Gasteiger charge is -2.36. The molecule has 1 atom stereocenters. The van der Waals surface area contributed by atoms with Crippen LogP contribution in [0.15, 0.2) is 65.6 Å². The summed E-state index contributed by atoms with van der Waals surface area (Å²) in [5.74, 6) is -0.0998. The third-order valence-electron chi connectivity index (χ3n) is 6.77. The summed E-state index contributed by atoms with van der Waals surface area (Å²) in [5.41, 5.74) is 5.91. The Balaban J connectivity index is 1.65. The number of carbonyl (C=O) groups excluding carboxylic acids is 2. The number of carbonyl (C=O) groups is 2. The molecule has 0 amide bonds. The van der Waals surface area contributed by atoms with Crippen LogP contribution < -0.4 is 0 Å². The number of fused-ring (bicyclic) bond motifs is 1. The minimum atomic E-state index is -3.90. The van der Waals surface area contributed by atoms with Gasteiger partial charge in [0.2, 0.25) is 10.0 Å². The van der Waals surface area contributed by atoms with Crippen LogP contribution in [0.3, 0.4) is 0 Å². The first-order chi connectivity index (χ1) is 16.6. The van der Waals surface area contributed by atoms with Gasteiger partial charge in [-0.05, 0) is 68.4 Å². The largest absolute Gasteiger partial charge is 0.298 e. The van der Waals surface area contributed by atoms with E-state index < -0.39 is 16.1 Å². The Bertz CT molecular complexity index is 1370. The van der Waals surface area contributed by atoms with E-state index in [-0.39, 0.29) is 24.5 Å². The molecule has 1 aliphatic heterocycles. The zero-order valence-corrected chi connectivity index (χ0v) is 21.5. The second-order valence-corrected chi connectivity index (χ2v) is 11.3. The third-order valence-corrected chi connectivity index (χ3v) is 8.93. The number of benzene rings is 3. The lowest BCUT2D eigenvalue weighted by Crippen LogP contribution is -2.48. The van der Waals surface area contributed by atoms with Crippen LogP contribution in [0, 0.1) is 20.8 Å². The number of Topliss-reactive ketones (excluding diaryl/α,β-unsaturated/α-hetero) is 2. The molecule has 0 radical (unpaired) electrons. The summed E-state index contributed by atoms with van der Waals surface area (Å²) in [6.07, 6.45) is 1.08. The fraction of sp³-hybridized carbons (Fsp3) is 0.310. The van der Waals surface area contributed by atoms with Crippen molar-refractivity contribution in [1.29, 1.82) is 0 Å². The average Bonchev–Trinajstić information content (AvgIpc) is 2.81. The van der Waals surface area contributed by atoms with E-state index in [4.69, 9.17) is 0 Å². The summed E-state index contributed by atoms with van der Waals surface area (Å²) in [6, 6.07) is 18.0. The molecule has 1 unspecified atom stereocenters. The summed E-state index contributed by atoms with van der Waals surface area (Å²) in [7, 11) is -3.90. The topological polar surface area (TPSA) is 71.5 Å². The maximum atomic E-state index is 14.0. The van der Waals surface area contributed by atoms with Gasteiger partial charge in [-0.3, -0.25) is 9.59 Å². The average molecular weight is 490 g/mol. The van der Waals surface area contributed by atoms with E-state index in [1.807, 2.05) is 69.3 Å². The fourth-order valence-electron chi connectivity index (χ4n) is 5.06. The van der Waals surface area contributed by atoms with Crippen molar-refractivity contribution in [2.24, 2.45) is 0 Å². The highest BCUT2D eigenvalue weighted by atomic mass is 32.2. The fourth-order valence-corrected chi connectivity index (χ4v) is 7.06. The van der Waals surface area contributed by atoms with Gasteiger partial charge >= 0.3 is 0 Å². The number of hydrogen-bond donors (Lipinski definition) is 0. The zero-order chi connectivity index (χ0) is 25.3. The Kier molecular flexibility index (Phi) is 7.06. The summed E-state index contributed by atoms with van der Waals surface area (Å²) in [4.78, 5) is 25.3. The van der Waals surface area contributed by atoms with Crippen molar-refractivity contribution in [3.05, 3.63) is 99.6 Å². The number of nitrogens with zero attached hydrogens (tertiary/aromatic N) is 1. The van der Waals surface area contributed by atoms with Crippen LogP contribution in [0.1, 0.15) is 57.1 Å². The van der Waals surface area contributed by atoms with Crippen LogP contribution >= 0.6 is 0 Å². The molecule has 5 nitrogen and oxygen atoms in total. The molecular formula is C29H31NO4S. The van der Waals surface area contributed by atoms with E-state index >= 15 is 0 Å². The monoisotopic (exact) mass is 489 g/mol. The molecule has 182 valence electrons. The van der Waals surface area contributed by atoms with Crippen LogP contribution in [0.25, 0.3) is 0 Å². The summed E-state index contributed by atoms with van der Waals surface area (Å²) in [6.45, 7) is 7.27. The molecular weight excluding hydrogens is 458 g/mol. The molecule has 6 heteroatoms. The molecule has 3 aromatic rings. The van der Waals surface area contributed by atoms with Crippen LogP contribution in [-0.4, -0.2) is 30.3 Å². The minimum Gasteiger partial charge on any atom is -0.298 e. The molecule has 0 fully saturated rings. The molecule has 0 saturated carbocycles. The predicted molar refractivity (Wildman–Crippen MR) is 137 cm³/mol. The van der Waals surface area contributed by atoms with E-state index in [2.05, 4.69) is 0 Å². The van der Waals surface area contributed by atoms with Gasteiger partial charge in [0, 0.05) is 18.5 Å². The van der Waals surface area contributed by atoms with Crippen LogP contribution in [-0.2, 0) is 34.2 Å². The molecule has 0 saturated heterocycles. The van der Waals surface area contributed by atoms with Crippen molar-refractivity contribution in [2.45, 2.75) is 64.4 Å². The molecule has 1 heterocycles. The van der Waals surface area contributed by atoms with E-state index in [1.165, 1.54) is 11.2 Å². The van der Waals surface area contributed by atoms with E-state index in [0.717, 1.165) is 22.3 Å². The maximum Gasteiger partial charge on any atom is 0.244 e. The maximum absolute atomic E-state index is 14.0. The van der Waals surface area contributed by atoms with Gasteiger partial charge in [0.15, 0.2) is 11.6 Å². The third kappa shape index (κ3) is 5.14. The molecule has 1 aliphatic rings. The first-order valence-electron chi connectivity index (χ1n) is 11.9. The Morgan fingerprint density at radius 3 is 2.11 bits per heavy atom. The highest BCUT2D eigenvalue weighted by Gasteiger charge is 2.40. The Hall–Kier alpha value is -3.09. The Morgan fingerprint density at radius 1 is 0.914 bits per heavy atom. The van der Waals surface area contributed by atoms with Gasteiger partial charge in [0.1, 0.15) is 0 Å². The number of sulfonamides is 1. The lowest BCUT2D eigenvalue weighted by atomic mass is 9.91. The van der Waals surface area contributed by atoms with Gasteiger partial charge in [-0.25, -0.2) is 8.42 Å². The van der Waals surface area contributed by atoms with E-state index in [9.17, 15) is 18.0 Å². The Morgan fingerprint density at radius 2 is 1.51 bits per heavy atom. The van der Waals surface area contributed by atoms with Crippen LogP contribution in [0.4, 0.5) is 0 Å². The number of rotatable bonds is 7. The van der Waals surface area contributed by atoms with E-state index in [1.54, 1.807) is 12.1 Å². The molecule has 0 bridgehead atoms. The SMILES string of the molecule is CC(=O)c1ccc(CCC(=O)C2Cc3ccccc3CN2S(=O)(=O)c2c(C)cc(C)cc2C)cc1. The zero-order valence-electron chi connectivity index (χ0n) is 20.7. The van der Waals surface area contributed by atoms with Crippen molar-refractivity contribution < 1.29 is 18.0 Å². The van der Waals surface area contributed by atoms with Gasteiger partial charge < -0.3 is 0 Å². The number of ketones is 2. The van der Waals surface area contributed by atoms with Crippen LogP contribution in [0.5, 0.6) is 0 Å². The molecule has 3 aromatic carbocycles. The highest BCUT2D eigenvalue weighted by molar-refractivity contribution is 7.89. The predicted octanol–water partition coefficient (Wildman–Crippen LogP) is 5.13. The van der Waals surface area contributed by atoms with Gasteiger partial charge in [0.05, 0.1) is 10.9 Å². The van der Waals surface area contributed by atoms with Crippen molar-refractivity contribution >= 4 is 21.6 Å². The molecule has 0 N–H and O–H groups in total. The second kappa shape index (κ2) is 9.88. The quantitative estimate of drug-likeness (QED) is 0.431. The van der Waals surface area contributed by atoms with Crippen molar-refractivity contribution in [2.75, 3.05) is 0 Å². The summed E-state index contributed by atoms with van der Waals surface area (Å²) in [5, 5.41) is 0. The lowest BCUT2D eigenvalue weighted by molar-refractivity contribution is -0.123. The van der Waals surface area contributed by atoms with Crippen molar-refractivity contribution in [1.82, 2.24) is 4.31 Å². The van der Waals surface area contributed by atoms with Gasteiger partial charge in [0.25, 0.3) is 0 Å². The molecule has 0 aliphatic carbocycles. The van der Waals surface area contributed by atoms with Crippen molar-refractivity contribution in [3.8, 4) is 0 Å². The molecule has 0 aromatic heterocycles. The standard InChI is InChI=1S/C29H31NO4S/c1-19-15-20(2)29(21(3)16-19)35(33,34)30-18-26-8-6-5-7-25(26)17-27(30)28(32)14-11-23-9-12-24(13-10-23)22(4)31/h5-10,12-13,15-16,27H,11,14,17-18H2,1-4H3. The van der Waals surface area contributed by atoms with Crippen LogP contribution in [0.2, 0.25) is 0 Å². The normalized spacial score (nSPS) is 16.1. The number of aryl methyl sites for hydroxylation is 4. The first kappa shape index (κ1) is 25.0. The highest BCUT2D eigenvalue weighted by Crippen LogP contribution is 2.33. The van der Waals surface area contributed by atoms with Crippen molar-refractivity contribution in [3.63, 3.8) is 0 Å². The molecule has 4 rings (SSSR count). The molecule has 35 heavy (non-hydrogen) atoms. The first-order valence-corrected chi connectivity index (χ1v) is 13.3. The Labute approximate surface area is 207 Å². The van der Waals surface area contributed by atoms with E-state index in [0.29, 0.717) is 34.4 Å². The summed E-state index contributed by atoms with van der Waals surface area (Å²) >= 11 is 0. The van der Waals surface area contributed by atoms with Gasteiger partial charge in [-0.15, -0.1) is 0 Å². The van der Waals surface area contributed by atoms with Gasteiger partial charge in [-0.1, -0.05) is 66.2 Å². The molecule has 0 spiro atoms. The summed E-state index contributed by atoms with van der Waals surface area (Å²) < 4.78 is 29.4.